The lowest BCUT2D eigenvalue weighted by Crippen LogP contribution is -2.33. The number of hydrogen-bond donors (Lipinski definition) is 3. The van der Waals surface area contributed by atoms with Crippen molar-refractivity contribution in [3.05, 3.63) is 33.7 Å². The molecule has 0 aromatic carbocycles. The van der Waals surface area contributed by atoms with E-state index in [0.29, 0.717) is 23.0 Å². The van der Waals surface area contributed by atoms with Crippen LogP contribution < -0.4 is 11.6 Å². The Labute approximate surface area is 137 Å². The highest BCUT2D eigenvalue weighted by atomic mass is 127. The number of nitrogens with zero attached hydrogens (tertiary/aromatic N) is 2. The number of hydrogen-bond acceptors (Lipinski definition) is 6. The van der Waals surface area contributed by atoms with Gasteiger partial charge in [0.15, 0.2) is 0 Å². The lowest BCUT2D eigenvalue weighted by Gasteiger charge is -2.21. The minimum Gasteiger partial charge on any atom is -0.395 e. The molecule has 0 fully saturated rings. The normalized spacial score (nSPS) is 12.3. The largest absolute Gasteiger partial charge is 0.395 e. The van der Waals surface area contributed by atoms with E-state index in [1.807, 2.05) is 13.0 Å². The molecular weight excluding hydrogens is 443 g/mol. The van der Waals surface area contributed by atoms with Crippen LogP contribution in [0.15, 0.2) is 22.3 Å². The Morgan fingerprint density at radius 2 is 2.26 bits per heavy atom. The summed E-state index contributed by atoms with van der Waals surface area (Å²) in [6, 6.07) is 3.70. The highest BCUT2D eigenvalue weighted by Gasteiger charge is 2.13. The lowest BCUT2D eigenvalue weighted by atomic mass is 10.2. The van der Waals surface area contributed by atoms with Gasteiger partial charge in [0.25, 0.3) is 0 Å². The Morgan fingerprint density at radius 1 is 1.58 bits per heavy atom. The van der Waals surface area contributed by atoms with E-state index in [-0.39, 0.29) is 6.61 Å². The molecule has 0 saturated carbocycles. The molecule has 1 heterocycles. The maximum Gasteiger partial charge on any atom is 0.0894 e. The van der Waals surface area contributed by atoms with Gasteiger partial charge < -0.3 is 10.8 Å². The number of rotatable bonds is 6. The number of aromatic nitrogens is 1. The molecule has 1 aromatic heterocycles. The molecular formula is C11H16BrIN4OS. The average molecular weight is 459 g/mol. The molecule has 0 radical (unpaired) electrons. The second-order valence-electron chi connectivity index (χ2n) is 3.71. The van der Waals surface area contributed by atoms with Crippen LogP contribution in [-0.4, -0.2) is 27.6 Å². The first-order chi connectivity index (χ1) is 9.04. The van der Waals surface area contributed by atoms with E-state index >= 15 is 0 Å². The van der Waals surface area contributed by atoms with Crippen LogP contribution in [0.5, 0.6) is 0 Å². The summed E-state index contributed by atoms with van der Waals surface area (Å²) in [5.74, 6) is 6.39. The van der Waals surface area contributed by atoms with Crippen molar-refractivity contribution in [3.63, 3.8) is 0 Å². The van der Waals surface area contributed by atoms with Crippen LogP contribution in [0.3, 0.4) is 0 Å². The van der Waals surface area contributed by atoms with Gasteiger partial charge in [-0.15, -0.1) is 0 Å². The molecule has 0 unspecified atom stereocenters. The quantitative estimate of drug-likeness (QED) is 0.262. The fraction of sp³-hybridized carbons (Fsp3) is 0.364. The highest BCUT2D eigenvalue weighted by molar-refractivity contribution is 14.2. The van der Waals surface area contributed by atoms with Gasteiger partial charge in [-0.1, -0.05) is 15.9 Å². The van der Waals surface area contributed by atoms with Gasteiger partial charge in [-0.2, -0.15) is 0 Å². The number of aryl methyl sites for hydroxylation is 1. The smallest absolute Gasteiger partial charge is 0.0894 e. The van der Waals surface area contributed by atoms with Crippen molar-refractivity contribution in [2.75, 3.05) is 12.5 Å². The van der Waals surface area contributed by atoms with Crippen LogP contribution in [0.2, 0.25) is 0 Å². The summed E-state index contributed by atoms with van der Waals surface area (Å²) in [4.78, 5) is 4.47. The van der Waals surface area contributed by atoms with E-state index in [1.54, 1.807) is 6.07 Å². The Bertz CT molecular complexity index is 472. The van der Waals surface area contributed by atoms with E-state index in [9.17, 15) is 5.11 Å². The molecule has 0 amide bonds. The molecule has 0 atom stereocenters. The van der Waals surface area contributed by atoms with Crippen molar-refractivity contribution in [3.8, 4) is 0 Å². The zero-order chi connectivity index (χ0) is 14.4. The number of aliphatic hydroxyl groups is 1. The van der Waals surface area contributed by atoms with Gasteiger partial charge in [0, 0.05) is 4.47 Å². The Balaban J connectivity index is 3.17. The topological polar surface area (TPSA) is 88.4 Å². The van der Waals surface area contributed by atoms with Crippen molar-refractivity contribution in [1.82, 2.24) is 9.99 Å². The van der Waals surface area contributed by atoms with Gasteiger partial charge in [0.05, 0.1) is 35.3 Å². The van der Waals surface area contributed by atoms with Crippen LogP contribution in [0, 0.1) is 0 Å². The maximum atomic E-state index is 9.43. The highest BCUT2D eigenvalue weighted by Crippen LogP contribution is 2.21. The number of nitrogens with two attached hydrogens (primary N) is 2. The van der Waals surface area contributed by atoms with Gasteiger partial charge in [-0.05, 0) is 55.7 Å². The average Bonchev–Trinajstić information content (AvgIpc) is 2.40. The van der Waals surface area contributed by atoms with Crippen molar-refractivity contribution < 1.29 is 5.11 Å². The molecule has 1 rings (SSSR count). The van der Waals surface area contributed by atoms with Crippen LogP contribution >= 0.6 is 46.1 Å². The molecule has 5 N–H and O–H groups in total. The van der Waals surface area contributed by atoms with Gasteiger partial charge >= 0.3 is 0 Å². The molecule has 0 aliphatic rings. The van der Waals surface area contributed by atoms with E-state index in [1.165, 1.54) is 13.9 Å². The molecule has 8 heteroatoms. The van der Waals surface area contributed by atoms with Crippen LogP contribution in [0.4, 0.5) is 0 Å². The lowest BCUT2D eigenvalue weighted by molar-refractivity contribution is 0.274. The van der Waals surface area contributed by atoms with Crippen molar-refractivity contribution in [1.29, 1.82) is 0 Å². The zero-order valence-corrected chi connectivity index (χ0v) is 15.0. The van der Waals surface area contributed by atoms with Crippen LogP contribution in [0.25, 0.3) is 5.70 Å². The minimum atomic E-state index is -0.223. The second kappa shape index (κ2) is 8.30. The summed E-state index contributed by atoms with van der Waals surface area (Å²) in [6.07, 6.45) is 0.798. The first-order valence-electron chi connectivity index (χ1n) is 5.56. The number of pyridine rings is 1. The van der Waals surface area contributed by atoms with E-state index in [2.05, 4.69) is 42.1 Å². The molecule has 0 saturated heterocycles. The first kappa shape index (κ1) is 17.0. The summed E-state index contributed by atoms with van der Waals surface area (Å²) in [7, 11) is 1.52. The summed E-state index contributed by atoms with van der Waals surface area (Å²) in [5, 5.41) is 10.9. The van der Waals surface area contributed by atoms with E-state index < -0.39 is 0 Å². The summed E-state index contributed by atoms with van der Waals surface area (Å²) in [5.41, 5.74) is 8.48. The molecule has 0 aliphatic heterocycles. The van der Waals surface area contributed by atoms with Crippen molar-refractivity contribution >= 4 is 51.8 Å². The SMILES string of the molecule is CCc1nc(/C(N)=C(\CO)N(N)CSI)ccc1Br. The van der Waals surface area contributed by atoms with Crippen LogP contribution in [-0.2, 0) is 6.42 Å². The molecule has 0 bridgehead atoms. The third kappa shape index (κ3) is 4.48. The summed E-state index contributed by atoms with van der Waals surface area (Å²) >= 11 is 5.57. The van der Waals surface area contributed by atoms with Gasteiger partial charge in [0.2, 0.25) is 0 Å². The monoisotopic (exact) mass is 458 g/mol. The van der Waals surface area contributed by atoms with E-state index in [4.69, 9.17) is 11.6 Å². The molecule has 106 valence electrons. The second-order valence-corrected chi connectivity index (χ2v) is 6.90. The Kier molecular flexibility index (Phi) is 7.44. The fourth-order valence-corrected chi connectivity index (χ4v) is 3.15. The third-order valence-electron chi connectivity index (χ3n) is 2.52. The predicted molar refractivity (Wildman–Crippen MR) is 92.0 cm³/mol. The molecule has 5 nitrogen and oxygen atoms in total. The predicted octanol–water partition coefficient (Wildman–Crippen LogP) is 2.24. The molecule has 0 spiro atoms. The van der Waals surface area contributed by atoms with E-state index in [0.717, 1.165) is 16.6 Å². The fourth-order valence-electron chi connectivity index (χ4n) is 1.49. The minimum absolute atomic E-state index is 0.223. The Morgan fingerprint density at radius 3 is 2.79 bits per heavy atom. The standard InChI is InChI=1S/C11H16BrIN4OS/c1-2-8-7(12)3-4-9(16-8)11(14)10(5-18)17(15)6-19-13/h3-4,18H,2,5-6,14-15H2,1H3/b11-10-. The summed E-state index contributed by atoms with van der Waals surface area (Å²) in [6.45, 7) is 1.80. The van der Waals surface area contributed by atoms with Crippen molar-refractivity contribution in [2.45, 2.75) is 13.3 Å². The molecule has 0 aliphatic carbocycles. The van der Waals surface area contributed by atoms with Gasteiger partial charge in [-0.25, -0.2) is 5.84 Å². The third-order valence-corrected chi connectivity index (χ3v) is 4.46. The Hall–Kier alpha value is -0.0300. The van der Waals surface area contributed by atoms with Gasteiger partial charge in [-0.3, -0.25) is 9.99 Å². The maximum absolute atomic E-state index is 9.43. The van der Waals surface area contributed by atoms with Crippen LogP contribution in [0.1, 0.15) is 18.3 Å². The number of halogens is 2. The number of aliphatic hydroxyl groups excluding tert-OH is 1. The first-order valence-corrected chi connectivity index (χ1v) is 9.88. The molecule has 19 heavy (non-hydrogen) atoms. The number of hydrazine groups is 1. The van der Waals surface area contributed by atoms with Crippen molar-refractivity contribution in [2.24, 2.45) is 11.6 Å². The van der Waals surface area contributed by atoms with Gasteiger partial charge in [0.1, 0.15) is 0 Å². The summed E-state index contributed by atoms with van der Waals surface area (Å²) < 4.78 is 0.949. The zero-order valence-electron chi connectivity index (χ0n) is 10.4. The molecule has 1 aromatic rings.